The largest absolute Gasteiger partial charge is 0.436 e. The highest BCUT2D eigenvalue weighted by molar-refractivity contribution is 6.83. The van der Waals surface area contributed by atoms with E-state index < -0.39 is 0 Å². The van der Waals surface area contributed by atoms with Crippen molar-refractivity contribution in [3.63, 3.8) is 0 Å². The zero-order chi connectivity index (χ0) is 16.1. The fraction of sp³-hybridized carbons (Fsp3) is 0.222. The third kappa shape index (κ3) is 2.07. The van der Waals surface area contributed by atoms with Crippen molar-refractivity contribution in [2.24, 2.45) is 7.05 Å². The topological polar surface area (TPSA) is 33.2 Å². The lowest BCUT2D eigenvalue weighted by molar-refractivity contribution is -0.654. The molecular formula is C18H19BN3O+. The van der Waals surface area contributed by atoms with Crippen LogP contribution in [0.2, 0.25) is 0 Å². The van der Waals surface area contributed by atoms with Gasteiger partial charge in [-0.2, -0.15) is 0 Å². The molecule has 23 heavy (non-hydrogen) atoms. The molecule has 0 aliphatic carbocycles. The number of fused-ring (bicyclic) bond motifs is 3. The monoisotopic (exact) mass is 304 g/mol. The zero-order valence-corrected chi connectivity index (χ0v) is 13.9. The van der Waals surface area contributed by atoms with Crippen molar-refractivity contribution in [2.45, 2.75) is 13.8 Å². The summed E-state index contributed by atoms with van der Waals surface area (Å²) in [7, 11) is 4.23. The lowest BCUT2D eigenvalue weighted by Crippen LogP contribution is -2.62. The van der Waals surface area contributed by atoms with Gasteiger partial charge in [0.1, 0.15) is 7.05 Å². The summed E-state index contributed by atoms with van der Waals surface area (Å²) in [5, 5.41) is 1.06. The Labute approximate surface area is 136 Å². The molecule has 1 aliphatic rings. The van der Waals surface area contributed by atoms with Gasteiger partial charge in [-0.15, -0.1) is 0 Å². The second-order valence-corrected chi connectivity index (χ2v) is 6.31. The first kappa shape index (κ1) is 14.1. The van der Waals surface area contributed by atoms with E-state index >= 15 is 0 Å². The van der Waals surface area contributed by atoms with Crippen LogP contribution in [-0.4, -0.2) is 18.9 Å². The minimum absolute atomic E-state index is 0.188. The van der Waals surface area contributed by atoms with Crippen LogP contribution in [0.25, 0.3) is 17.2 Å². The summed E-state index contributed by atoms with van der Waals surface area (Å²) in [4.78, 5) is 6.65. The molecule has 3 aromatic heterocycles. The van der Waals surface area contributed by atoms with Crippen molar-refractivity contribution >= 4 is 35.3 Å². The molecule has 4 rings (SSSR count). The molecule has 0 spiro atoms. The summed E-state index contributed by atoms with van der Waals surface area (Å²) in [6.45, 7) is 4.48. The fourth-order valence-corrected chi connectivity index (χ4v) is 3.52. The predicted octanol–water partition coefficient (Wildman–Crippen LogP) is 2.25. The lowest BCUT2D eigenvalue weighted by Gasteiger charge is -2.29. The maximum Gasteiger partial charge on any atom is 0.399 e. The van der Waals surface area contributed by atoms with Crippen LogP contribution < -0.4 is 15.0 Å². The molecule has 0 amide bonds. The second kappa shape index (κ2) is 4.98. The Bertz CT molecular complexity index is 945. The summed E-state index contributed by atoms with van der Waals surface area (Å²) in [5.41, 5.74) is 5.61. The van der Waals surface area contributed by atoms with Gasteiger partial charge in [-0.3, -0.25) is 0 Å². The minimum atomic E-state index is 0.188. The third-order valence-electron chi connectivity index (χ3n) is 4.62. The van der Waals surface area contributed by atoms with Gasteiger partial charge >= 0.3 is 6.85 Å². The zero-order valence-electron chi connectivity index (χ0n) is 13.9. The number of pyridine rings is 2. The van der Waals surface area contributed by atoms with Crippen molar-refractivity contribution in [3.8, 4) is 0 Å². The molecule has 4 heterocycles. The van der Waals surface area contributed by atoms with Crippen molar-refractivity contribution < 1.29 is 8.98 Å². The van der Waals surface area contributed by atoms with E-state index in [0.29, 0.717) is 5.71 Å². The molecule has 0 radical (unpaired) electrons. The van der Waals surface area contributed by atoms with Gasteiger partial charge in [0.25, 0.3) is 0 Å². The molecule has 0 saturated heterocycles. The van der Waals surface area contributed by atoms with Crippen LogP contribution in [0.4, 0.5) is 5.69 Å². The quantitative estimate of drug-likeness (QED) is 0.511. The number of anilines is 1. The first-order valence-electron chi connectivity index (χ1n) is 7.81. The molecule has 0 N–H and O–H groups in total. The van der Waals surface area contributed by atoms with Crippen LogP contribution in [0, 0.1) is 6.92 Å². The number of furan rings is 1. The van der Waals surface area contributed by atoms with Gasteiger partial charge in [0.15, 0.2) is 17.6 Å². The van der Waals surface area contributed by atoms with Crippen molar-refractivity contribution in [1.29, 1.82) is 0 Å². The van der Waals surface area contributed by atoms with E-state index in [1.807, 2.05) is 6.07 Å². The molecule has 0 atom stereocenters. The molecule has 114 valence electrons. The van der Waals surface area contributed by atoms with Crippen LogP contribution >= 0.6 is 0 Å². The number of hydrogen-bond donors (Lipinski definition) is 0. The Hall–Kier alpha value is -2.56. The van der Waals surface area contributed by atoms with E-state index in [0.717, 1.165) is 16.8 Å². The SMILES string of the molecule is CC1=Cc2oc3ncccc3c2N(C)B1c1cc(C)cc[n+]1C. The molecule has 0 fully saturated rings. The average Bonchev–Trinajstić information content (AvgIpc) is 2.88. The highest BCUT2D eigenvalue weighted by Crippen LogP contribution is 2.37. The Morgan fingerprint density at radius 2 is 2.09 bits per heavy atom. The van der Waals surface area contributed by atoms with Gasteiger partial charge in [-0.25, -0.2) is 9.55 Å². The van der Waals surface area contributed by atoms with Gasteiger partial charge in [-0.1, -0.05) is 5.47 Å². The average molecular weight is 304 g/mol. The number of nitrogens with zero attached hydrogens (tertiary/aromatic N) is 3. The third-order valence-corrected chi connectivity index (χ3v) is 4.62. The molecule has 5 heteroatoms. The van der Waals surface area contributed by atoms with Crippen LogP contribution in [0.1, 0.15) is 18.2 Å². The predicted molar refractivity (Wildman–Crippen MR) is 93.8 cm³/mol. The molecule has 0 unspecified atom stereocenters. The second-order valence-electron chi connectivity index (χ2n) is 6.31. The standard InChI is InChI=1S/C18H19BN3O/c1-12-7-9-21(3)16(10-12)19-13(2)11-15-17(22(19)4)14-6-5-8-20-18(14)23-15/h5-11H,1-4H3/q+1. The first-order valence-corrected chi connectivity index (χ1v) is 7.81. The van der Waals surface area contributed by atoms with Crippen LogP contribution in [0.15, 0.2) is 46.5 Å². The fourth-order valence-electron chi connectivity index (χ4n) is 3.52. The summed E-state index contributed by atoms with van der Waals surface area (Å²) >= 11 is 0. The number of hydrogen-bond acceptors (Lipinski definition) is 3. The molecule has 0 saturated carbocycles. The molecule has 0 aromatic carbocycles. The minimum Gasteiger partial charge on any atom is -0.436 e. The highest BCUT2D eigenvalue weighted by atomic mass is 16.3. The Kier molecular flexibility index (Phi) is 3.05. The maximum absolute atomic E-state index is 5.93. The molecule has 1 aliphatic heterocycles. The number of allylic oxidation sites excluding steroid dienone is 1. The van der Waals surface area contributed by atoms with E-state index in [1.54, 1.807) is 6.20 Å². The molecular weight excluding hydrogens is 285 g/mol. The maximum atomic E-state index is 5.93. The van der Waals surface area contributed by atoms with E-state index in [1.165, 1.54) is 16.6 Å². The van der Waals surface area contributed by atoms with Crippen LogP contribution in [0.3, 0.4) is 0 Å². The number of aromatic nitrogens is 2. The van der Waals surface area contributed by atoms with Gasteiger partial charge in [0.2, 0.25) is 5.71 Å². The Balaban J connectivity index is 1.93. The van der Waals surface area contributed by atoms with Crippen molar-refractivity contribution in [2.75, 3.05) is 11.9 Å². The smallest absolute Gasteiger partial charge is 0.399 e. The Morgan fingerprint density at radius 1 is 1.26 bits per heavy atom. The van der Waals surface area contributed by atoms with Gasteiger partial charge in [0, 0.05) is 18.3 Å². The summed E-state index contributed by atoms with van der Waals surface area (Å²) in [6.07, 6.45) is 6.03. The normalized spacial score (nSPS) is 14.2. The number of aryl methyl sites for hydroxylation is 2. The van der Waals surface area contributed by atoms with E-state index in [-0.39, 0.29) is 6.85 Å². The molecule has 3 aromatic rings. The van der Waals surface area contributed by atoms with Crippen molar-refractivity contribution in [1.82, 2.24) is 4.98 Å². The summed E-state index contributed by atoms with van der Waals surface area (Å²) in [6, 6.07) is 8.42. The summed E-state index contributed by atoms with van der Waals surface area (Å²) in [5.74, 6) is 0.894. The van der Waals surface area contributed by atoms with Crippen LogP contribution in [0.5, 0.6) is 0 Å². The van der Waals surface area contributed by atoms with Crippen LogP contribution in [-0.2, 0) is 7.05 Å². The Morgan fingerprint density at radius 3 is 2.91 bits per heavy atom. The first-order chi connectivity index (χ1) is 11.1. The van der Waals surface area contributed by atoms with E-state index in [4.69, 9.17) is 4.42 Å². The highest BCUT2D eigenvalue weighted by Gasteiger charge is 2.38. The number of rotatable bonds is 1. The van der Waals surface area contributed by atoms with Gasteiger partial charge in [0.05, 0.1) is 11.1 Å². The molecule has 4 nitrogen and oxygen atoms in total. The van der Waals surface area contributed by atoms with Crippen molar-refractivity contribution in [3.05, 3.63) is 53.5 Å². The lowest BCUT2D eigenvalue weighted by atomic mass is 9.49. The van der Waals surface area contributed by atoms with Gasteiger partial charge < -0.3 is 9.23 Å². The van der Waals surface area contributed by atoms with E-state index in [9.17, 15) is 0 Å². The van der Waals surface area contributed by atoms with Gasteiger partial charge in [-0.05, 0) is 44.7 Å². The molecule has 0 bridgehead atoms. The summed E-state index contributed by atoms with van der Waals surface area (Å²) < 4.78 is 8.12. The van der Waals surface area contributed by atoms with E-state index in [2.05, 4.69) is 72.8 Å².